The first-order chi connectivity index (χ1) is 15.9. The van der Waals surface area contributed by atoms with Crippen molar-refractivity contribution < 1.29 is 22.6 Å². The molecule has 0 spiro atoms. The van der Waals surface area contributed by atoms with Gasteiger partial charge in [-0.05, 0) is 35.9 Å². The van der Waals surface area contributed by atoms with Crippen molar-refractivity contribution in [2.24, 2.45) is 0 Å². The molecule has 33 heavy (non-hydrogen) atoms. The molecule has 0 amide bonds. The van der Waals surface area contributed by atoms with E-state index in [2.05, 4.69) is 4.98 Å². The molecule has 7 nitrogen and oxygen atoms in total. The van der Waals surface area contributed by atoms with Crippen LogP contribution in [0.3, 0.4) is 0 Å². The summed E-state index contributed by atoms with van der Waals surface area (Å²) in [5.41, 5.74) is 8.61. The number of benzene rings is 2. The lowest BCUT2D eigenvalue weighted by Crippen LogP contribution is -2.36. The van der Waals surface area contributed by atoms with Gasteiger partial charge in [-0.3, -0.25) is 4.40 Å². The summed E-state index contributed by atoms with van der Waals surface area (Å²) in [4.78, 5) is 11.2. The highest BCUT2D eigenvalue weighted by Gasteiger charge is 2.32. The van der Waals surface area contributed by atoms with E-state index >= 15 is 0 Å². The van der Waals surface area contributed by atoms with Crippen molar-refractivity contribution in [1.29, 1.82) is 0 Å². The highest BCUT2D eigenvalue weighted by molar-refractivity contribution is 5.95. The SMILES string of the molecule is COc1cccc2c1ncn1c(N)c(Cc3cc(C(F)(F)F)ccc3N3CCOCC3)nc21. The van der Waals surface area contributed by atoms with Crippen LogP contribution in [0.5, 0.6) is 5.75 Å². The molecule has 1 aliphatic heterocycles. The molecular weight excluding hydrogens is 435 g/mol. The van der Waals surface area contributed by atoms with Crippen LogP contribution in [0.15, 0.2) is 42.7 Å². The Morgan fingerprint density at radius 1 is 1.15 bits per heavy atom. The number of hydrogen-bond acceptors (Lipinski definition) is 6. The fraction of sp³-hybridized carbons (Fsp3) is 0.304. The molecule has 0 atom stereocenters. The first-order valence-electron chi connectivity index (χ1n) is 10.5. The number of nitrogens with zero attached hydrogens (tertiary/aromatic N) is 4. The summed E-state index contributed by atoms with van der Waals surface area (Å²) < 4.78 is 52.9. The van der Waals surface area contributed by atoms with Gasteiger partial charge in [-0.2, -0.15) is 13.2 Å². The highest BCUT2D eigenvalue weighted by atomic mass is 19.4. The number of imidazole rings is 1. The minimum Gasteiger partial charge on any atom is -0.494 e. The normalized spacial score (nSPS) is 14.8. The number of methoxy groups -OCH3 is 1. The monoisotopic (exact) mass is 457 g/mol. The predicted octanol–water partition coefficient (Wildman–Crippen LogP) is 3.92. The van der Waals surface area contributed by atoms with E-state index in [0.717, 1.165) is 17.1 Å². The van der Waals surface area contributed by atoms with E-state index in [4.69, 9.17) is 20.2 Å². The number of nitrogens with two attached hydrogens (primary N) is 1. The van der Waals surface area contributed by atoms with Gasteiger partial charge in [-0.25, -0.2) is 9.97 Å². The predicted molar refractivity (Wildman–Crippen MR) is 119 cm³/mol. The van der Waals surface area contributed by atoms with Gasteiger partial charge in [0.15, 0.2) is 0 Å². The van der Waals surface area contributed by atoms with Gasteiger partial charge in [0, 0.05) is 30.6 Å². The third kappa shape index (κ3) is 3.80. The van der Waals surface area contributed by atoms with Crippen LogP contribution in [0, 0.1) is 0 Å². The molecule has 1 saturated heterocycles. The number of hydrogen-bond donors (Lipinski definition) is 1. The molecule has 0 saturated carbocycles. The van der Waals surface area contributed by atoms with Crippen LogP contribution in [0.25, 0.3) is 16.6 Å². The third-order valence-corrected chi connectivity index (χ3v) is 5.90. The quantitative estimate of drug-likeness (QED) is 0.501. The molecule has 0 aliphatic carbocycles. The summed E-state index contributed by atoms with van der Waals surface area (Å²) in [6.07, 6.45) is -2.74. The number of morpholine rings is 1. The molecule has 5 rings (SSSR count). The summed E-state index contributed by atoms with van der Waals surface area (Å²) >= 11 is 0. The van der Waals surface area contributed by atoms with Crippen LogP contribution >= 0.6 is 0 Å². The minimum absolute atomic E-state index is 0.148. The second-order valence-corrected chi connectivity index (χ2v) is 7.86. The Labute approximate surface area is 187 Å². The van der Waals surface area contributed by atoms with Crippen LogP contribution in [0.4, 0.5) is 24.7 Å². The molecular formula is C23H22F3N5O2. The number of rotatable bonds is 4. The van der Waals surface area contributed by atoms with Crippen LogP contribution < -0.4 is 15.4 Å². The third-order valence-electron chi connectivity index (χ3n) is 5.90. The summed E-state index contributed by atoms with van der Waals surface area (Å²) in [6.45, 7) is 2.26. The smallest absolute Gasteiger partial charge is 0.416 e. The second kappa shape index (κ2) is 8.11. The van der Waals surface area contributed by atoms with Gasteiger partial charge in [0.05, 0.1) is 31.6 Å². The van der Waals surface area contributed by atoms with E-state index in [0.29, 0.717) is 60.3 Å². The molecule has 1 fully saturated rings. The van der Waals surface area contributed by atoms with Crippen molar-refractivity contribution in [3.8, 4) is 5.75 Å². The van der Waals surface area contributed by atoms with Gasteiger partial charge in [-0.15, -0.1) is 0 Å². The van der Waals surface area contributed by atoms with Gasteiger partial charge in [0.25, 0.3) is 0 Å². The Morgan fingerprint density at radius 3 is 2.67 bits per heavy atom. The number of aromatic nitrogens is 3. The first kappa shape index (κ1) is 21.3. The van der Waals surface area contributed by atoms with Gasteiger partial charge in [-0.1, -0.05) is 6.07 Å². The molecule has 4 aromatic rings. The molecule has 0 radical (unpaired) electrons. The van der Waals surface area contributed by atoms with Crippen molar-refractivity contribution in [3.63, 3.8) is 0 Å². The van der Waals surface area contributed by atoms with Crippen LogP contribution in [-0.4, -0.2) is 47.8 Å². The van der Waals surface area contributed by atoms with Gasteiger partial charge in [0.1, 0.15) is 29.1 Å². The fourth-order valence-corrected chi connectivity index (χ4v) is 4.24. The Kier molecular flexibility index (Phi) is 5.24. The average molecular weight is 457 g/mol. The van der Waals surface area contributed by atoms with Crippen molar-refractivity contribution in [3.05, 3.63) is 59.5 Å². The lowest BCUT2D eigenvalue weighted by atomic mass is 10.0. The van der Waals surface area contributed by atoms with E-state index < -0.39 is 11.7 Å². The zero-order valence-corrected chi connectivity index (χ0v) is 17.9. The Hall–Kier alpha value is -3.53. The lowest BCUT2D eigenvalue weighted by molar-refractivity contribution is -0.137. The van der Waals surface area contributed by atoms with E-state index in [9.17, 15) is 13.2 Å². The molecule has 10 heteroatoms. The number of halogens is 3. The maximum absolute atomic E-state index is 13.5. The summed E-state index contributed by atoms with van der Waals surface area (Å²) in [7, 11) is 1.56. The standard InChI is InChI=1S/C23H22F3N5O2/c1-32-19-4-2-3-16-20(19)28-13-31-21(27)17(29-22(16)31)12-14-11-15(23(24,25)26)5-6-18(14)30-7-9-33-10-8-30/h2-6,11,13H,7-10,12,27H2,1H3. The molecule has 3 heterocycles. The van der Waals surface area contributed by atoms with Crippen molar-refractivity contribution >= 4 is 28.1 Å². The van der Waals surface area contributed by atoms with Gasteiger partial charge in [0.2, 0.25) is 0 Å². The van der Waals surface area contributed by atoms with Crippen LogP contribution in [0.2, 0.25) is 0 Å². The molecule has 0 unspecified atom stereocenters. The summed E-state index contributed by atoms with van der Waals surface area (Å²) in [6, 6.07) is 9.32. The number of nitrogen functional groups attached to an aromatic ring is 1. The molecule has 2 N–H and O–H groups in total. The van der Waals surface area contributed by atoms with Gasteiger partial charge >= 0.3 is 6.18 Å². The van der Waals surface area contributed by atoms with E-state index in [-0.39, 0.29) is 6.42 Å². The van der Waals surface area contributed by atoms with E-state index in [1.807, 2.05) is 17.0 Å². The molecule has 2 aromatic carbocycles. The van der Waals surface area contributed by atoms with Gasteiger partial charge < -0.3 is 20.1 Å². The number of ether oxygens (including phenoxy) is 2. The van der Waals surface area contributed by atoms with E-state index in [1.54, 1.807) is 23.9 Å². The fourth-order valence-electron chi connectivity index (χ4n) is 4.24. The zero-order valence-electron chi connectivity index (χ0n) is 17.9. The number of fused-ring (bicyclic) bond motifs is 3. The first-order valence-corrected chi connectivity index (χ1v) is 10.5. The minimum atomic E-state index is -4.45. The summed E-state index contributed by atoms with van der Waals surface area (Å²) in [5, 5.41) is 0.743. The topological polar surface area (TPSA) is 77.9 Å². The van der Waals surface area contributed by atoms with Crippen LogP contribution in [0.1, 0.15) is 16.8 Å². The molecule has 172 valence electrons. The second-order valence-electron chi connectivity index (χ2n) is 7.86. The highest BCUT2D eigenvalue weighted by Crippen LogP contribution is 2.35. The average Bonchev–Trinajstić information content (AvgIpc) is 3.14. The Balaban J connectivity index is 1.62. The maximum Gasteiger partial charge on any atom is 0.416 e. The Bertz CT molecular complexity index is 1330. The lowest BCUT2D eigenvalue weighted by Gasteiger charge is -2.31. The number of anilines is 2. The van der Waals surface area contributed by atoms with E-state index in [1.165, 1.54) is 12.1 Å². The van der Waals surface area contributed by atoms with Crippen LogP contribution in [-0.2, 0) is 17.3 Å². The van der Waals surface area contributed by atoms with Crippen molar-refractivity contribution in [2.45, 2.75) is 12.6 Å². The summed E-state index contributed by atoms with van der Waals surface area (Å²) in [5.74, 6) is 0.943. The molecule has 0 bridgehead atoms. The largest absolute Gasteiger partial charge is 0.494 e. The van der Waals surface area contributed by atoms with Crippen molar-refractivity contribution in [2.75, 3.05) is 44.0 Å². The van der Waals surface area contributed by atoms with Crippen molar-refractivity contribution in [1.82, 2.24) is 14.4 Å². The zero-order chi connectivity index (χ0) is 23.2. The maximum atomic E-state index is 13.5. The Morgan fingerprint density at radius 2 is 1.94 bits per heavy atom. The number of alkyl halides is 3. The number of para-hydroxylation sites is 1. The molecule has 2 aromatic heterocycles. The molecule has 1 aliphatic rings.